The summed E-state index contributed by atoms with van der Waals surface area (Å²) in [7, 11) is -4.14. The lowest BCUT2D eigenvalue weighted by molar-refractivity contribution is -0.140. The number of rotatable bonds is 14. The third kappa shape index (κ3) is 8.57. The molecule has 8 nitrogen and oxygen atoms in total. The van der Waals surface area contributed by atoms with Gasteiger partial charge in [-0.2, -0.15) is 0 Å². The molecule has 1 N–H and O–H groups in total. The number of benzene rings is 3. The highest BCUT2D eigenvalue weighted by Gasteiger charge is 2.33. The number of anilines is 1. The van der Waals surface area contributed by atoms with Crippen molar-refractivity contribution in [3.63, 3.8) is 0 Å². The van der Waals surface area contributed by atoms with Crippen LogP contribution in [0.3, 0.4) is 0 Å². The minimum absolute atomic E-state index is 0.0319. The molecule has 0 aliphatic heterocycles. The third-order valence-electron chi connectivity index (χ3n) is 6.59. The van der Waals surface area contributed by atoms with Gasteiger partial charge in [-0.05, 0) is 68.1 Å². The van der Waals surface area contributed by atoms with Crippen LogP contribution in [0.5, 0.6) is 5.75 Å². The Balaban J connectivity index is 2.00. The Kier molecular flexibility index (Phi) is 11.3. The van der Waals surface area contributed by atoms with Crippen molar-refractivity contribution in [2.24, 2.45) is 5.92 Å². The van der Waals surface area contributed by atoms with Gasteiger partial charge >= 0.3 is 0 Å². The minimum Gasteiger partial charge on any atom is -0.494 e. The summed E-state index contributed by atoms with van der Waals surface area (Å²) < 4.78 is 34.5. The van der Waals surface area contributed by atoms with E-state index in [9.17, 15) is 18.0 Å². The highest BCUT2D eigenvalue weighted by Crippen LogP contribution is 2.26. The van der Waals surface area contributed by atoms with Gasteiger partial charge in [-0.1, -0.05) is 68.8 Å². The van der Waals surface area contributed by atoms with Crippen molar-refractivity contribution in [3.05, 3.63) is 90.0 Å². The van der Waals surface area contributed by atoms with Gasteiger partial charge < -0.3 is 15.0 Å². The topological polar surface area (TPSA) is 96.0 Å². The molecule has 3 aromatic carbocycles. The van der Waals surface area contributed by atoms with Gasteiger partial charge in [0.25, 0.3) is 10.0 Å². The molecular formula is C32H41N3O5S. The molecule has 9 heteroatoms. The molecule has 0 radical (unpaired) electrons. The molecule has 1 atom stereocenters. The van der Waals surface area contributed by atoms with Gasteiger partial charge in [0, 0.05) is 13.1 Å². The molecule has 41 heavy (non-hydrogen) atoms. The van der Waals surface area contributed by atoms with E-state index >= 15 is 0 Å². The van der Waals surface area contributed by atoms with E-state index in [1.807, 2.05) is 58.9 Å². The number of hydrogen-bond acceptors (Lipinski definition) is 5. The Morgan fingerprint density at radius 3 is 2.10 bits per heavy atom. The second-order valence-corrected chi connectivity index (χ2v) is 12.2. The predicted octanol–water partition coefficient (Wildman–Crippen LogP) is 5.17. The zero-order valence-electron chi connectivity index (χ0n) is 24.5. The van der Waals surface area contributed by atoms with Gasteiger partial charge in [-0.15, -0.1) is 0 Å². The van der Waals surface area contributed by atoms with Crippen molar-refractivity contribution in [3.8, 4) is 5.75 Å². The Labute approximate surface area is 244 Å². The third-order valence-corrected chi connectivity index (χ3v) is 8.38. The minimum atomic E-state index is -4.14. The first-order valence-corrected chi connectivity index (χ1v) is 15.4. The first kappa shape index (κ1) is 31.7. The van der Waals surface area contributed by atoms with Gasteiger partial charge in [-0.25, -0.2) is 8.42 Å². The Morgan fingerprint density at radius 1 is 0.902 bits per heavy atom. The number of carbonyl (C=O) groups excluding carboxylic acids is 2. The number of carbonyl (C=O) groups is 2. The van der Waals surface area contributed by atoms with E-state index < -0.39 is 28.5 Å². The fraction of sp³-hybridized carbons (Fsp3) is 0.375. The van der Waals surface area contributed by atoms with E-state index in [1.54, 1.807) is 42.5 Å². The van der Waals surface area contributed by atoms with E-state index in [0.717, 1.165) is 15.4 Å². The molecule has 0 fully saturated rings. The lowest BCUT2D eigenvalue weighted by Crippen LogP contribution is -2.52. The summed E-state index contributed by atoms with van der Waals surface area (Å²) in [6.07, 6.45) is 0.374. The van der Waals surface area contributed by atoms with Crippen LogP contribution in [0.1, 0.15) is 45.2 Å². The number of nitrogens with zero attached hydrogens (tertiary/aromatic N) is 2. The van der Waals surface area contributed by atoms with Gasteiger partial charge in [0.05, 0.1) is 17.2 Å². The zero-order valence-corrected chi connectivity index (χ0v) is 25.4. The van der Waals surface area contributed by atoms with Gasteiger partial charge in [0.1, 0.15) is 18.3 Å². The van der Waals surface area contributed by atoms with Crippen molar-refractivity contribution < 1.29 is 22.7 Å². The van der Waals surface area contributed by atoms with Crippen molar-refractivity contribution in [2.75, 3.05) is 24.0 Å². The smallest absolute Gasteiger partial charge is 0.264 e. The molecule has 0 aromatic heterocycles. The van der Waals surface area contributed by atoms with Crippen LogP contribution >= 0.6 is 0 Å². The van der Waals surface area contributed by atoms with Crippen molar-refractivity contribution in [2.45, 2.75) is 58.5 Å². The fourth-order valence-electron chi connectivity index (χ4n) is 4.36. The molecule has 220 valence electrons. The second-order valence-electron chi connectivity index (χ2n) is 10.3. The maximum atomic E-state index is 14.1. The molecule has 2 amide bonds. The highest BCUT2D eigenvalue weighted by atomic mass is 32.2. The molecule has 0 spiro atoms. The van der Waals surface area contributed by atoms with Crippen LogP contribution < -0.4 is 14.4 Å². The summed E-state index contributed by atoms with van der Waals surface area (Å²) in [6.45, 7) is 10.3. The van der Waals surface area contributed by atoms with Gasteiger partial charge in [0.2, 0.25) is 11.8 Å². The molecule has 0 aliphatic carbocycles. The summed E-state index contributed by atoms with van der Waals surface area (Å²) in [5.41, 5.74) is 2.27. The van der Waals surface area contributed by atoms with Crippen LogP contribution in [-0.4, -0.2) is 50.9 Å². The van der Waals surface area contributed by atoms with Crippen molar-refractivity contribution in [1.82, 2.24) is 10.2 Å². The van der Waals surface area contributed by atoms with Crippen LogP contribution in [0.25, 0.3) is 0 Å². The van der Waals surface area contributed by atoms with Gasteiger partial charge in [0.15, 0.2) is 0 Å². The lowest BCUT2D eigenvalue weighted by Gasteiger charge is -2.33. The molecule has 0 unspecified atom stereocenters. The average Bonchev–Trinajstić information content (AvgIpc) is 2.96. The van der Waals surface area contributed by atoms with Crippen LogP contribution in [0.15, 0.2) is 83.8 Å². The van der Waals surface area contributed by atoms with Crippen molar-refractivity contribution in [1.29, 1.82) is 0 Å². The molecule has 0 saturated carbocycles. The maximum Gasteiger partial charge on any atom is 0.264 e. The largest absolute Gasteiger partial charge is 0.494 e. The molecule has 3 aromatic rings. The monoisotopic (exact) mass is 579 g/mol. The molecule has 3 rings (SSSR count). The molecule has 0 heterocycles. The number of aryl methyl sites for hydroxylation is 1. The van der Waals surface area contributed by atoms with Gasteiger partial charge in [-0.3, -0.25) is 13.9 Å². The first-order valence-electron chi connectivity index (χ1n) is 14.0. The standard InChI is InChI=1S/C32H41N3O5S/c1-6-30(32(37)33-21-24(3)4)34(22-26-15-13-25(5)14-16-26)31(36)23-35(27-11-9-8-10-12-27)41(38,39)29-19-17-28(18-20-29)40-7-2/h8-20,24,30H,6-7,21-23H2,1-5H3,(H,33,37)/t30-/m1/s1. The van der Waals surface area contributed by atoms with E-state index in [1.165, 1.54) is 17.0 Å². The predicted molar refractivity (Wildman–Crippen MR) is 162 cm³/mol. The Hall–Kier alpha value is -3.85. The summed E-state index contributed by atoms with van der Waals surface area (Å²) in [5.74, 6) is 0.0552. The number of ether oxygens (including phenoxy) is 1. The van der Waals surface area contributed by atoms with E-state index in [4.69, 9.17) is 4.74 Å². The number of hydrogen-bond donors (Lipinski definition) is 1. The van der Waals surface area contributed by atoms with Crippen LogP contribution in [0.2, 0.25) is 0 Å². The molecule has 0 aliphatic rings. The van der Waals surface area contributed by atoms with Crippen LogP contribution in [0, 0.1) is 12.8 Å². The lowest BCUT2D eigenvalue weighted by atomic mass is 10.1. The summed E-state index contributed by atoms with van der Waals surface area (Å²) in [5, 5.41) is 2.94. The van der Waals surface area contributed by atoms with Crippen molar-refractivity contribution >= 4 is 27.5 Å². The highest BCUT2D eigenvalue weighted by molar-refractivity contribution is 7.92. The van der Waals surface area contributed by atoms with E-state index in [-0.39, 0.29) is 23.3 Å². The first-order chi connectivity index (χ1) is 19.6. The number of amides is 2. The Bertz CT molecular complexity index is 1380. The van der Waals surface area contributed by atoms with E-state index in [2.05, 4.69) is 5.32 Å². The summed E-state index contributed by atoms with van der Waals surface area (Å²) in [6, 6.07) is 21.6. The number of nitrogens with one attached hydrogen (secondary N) is 1. The van der Waals surface area contributed by atoms with E-state index in [0.29, 0.717) is 31.0 Å². The zero-order chi connectivity index (χ0) is 30.0. The molecule has 0 bridgehead atoms. The van der Waals surface area contributed by atoms with Crippen LogP contribution in [0.4, 0.5) is 5.69 Å². The fourth-order valence-corrected chi connectivity index (χ4v) is 5.77. The average molecular weight is 580 g/mol. The summed E-state index contributed by atoms with van der Waals surface area (Å²) >= 11 is 0. The number of para-hydroxylation sites is 1. The second kappa shape index (κ2) is 14.7. The normalized spacial score (nSPS) is 12.0. The Morgan fingerprint density at radius 2 is 1.54 bits per heavy atom. The molecule has 0 saturated heterocycles. The summed E-state index contributed by atoms with van der Waals surface area (Å²) in [4.78, 5) is 28.9. The molecular weight excluding hydrogens is 538 g/mol. The van der Waals surface area contributed by atoms with Crippen LogP contribution in [-0.2, 0) is 26.2 Å². The quantitative estimate of drug-likeness (QED) is 0.284. The SMILES string of the molecule is CCOc1ccc(S(=O)(=O)N(CC(=O)N(Cc2ccc(C)cc2)[C@H](CC)C(=O)NCC(C)C)c2ccccc2)cc1. The number of sulfonamides is 1. The maximum absolute atomic E-state index is 14.1.